The van der Waals surface area contributed by atoms with Gasteiger partial charge in [0.05, 0.1) is 5.75 Å². The summed E-state index contributed by atoms with van der Waals surface area (Å²) in [5, 5.41) is 8.68. The smallest absolute Gasteiger partial charge is 0.264 e. The Morgan fingerprint density at radius 2 is 0.739 bits per heavy atom. The van der Waals surface area contributed by atoms with E-state index in [0.29, 0.717) is 13.0 Å². The van der Waals surface area contributed by atoms with Crippen LogP contribution in [0.3, 0.4) is 0 Å². The van der Waals surface area contributed by atoms with Gasteiger partial charge in [0.2, 0.25) is 0 Å². The van der Waals surface area contributed by atoms with Crippen molar-refractivity contribution < 1.29 is 18.1 Å². The first-order chi connectivity index (χ1) is 11.1. The van der Waals surface area contributed by atoms with E-state index in [-0.39, 0.29) is 5.75 Å². The maximum atomic E-state index is 10.5. The van der Waals surface area contributed by atoms with E-state index in [2.05, 4.69) is 0 Å². The van der Waals surface area contributed by atoms with Gasteiger partial charge in [0.15, 0.2) is 0 Å². The molecule has 0 bridgehead atoms. The molecule has 23 heavy (non-hydrogen) atoms. The highest BCUT2D eigenvalue weighted by atomic mass is 32.2. The molecular weight excluding hydrogens is 312 g/mol. The molecule has 0 radical (unpaired) electrons. The molecule has 0 aliphatic heterocycles. The summed E-state index contributed by atoms with van der Waals surface area (Å²) in [6.45, 7) is 0.338. The van der Waals surface area contributed by atoms with E-state index in [4.69, 9.17) is 9.66 Å². The molecule has 0 aromatic heterocycles. The third kappa shape index (κ3) is 21.9. The molecule has 0 aliphatic rings. The summed E-state index contributed by atoms with van der Waals surface area (Å²) in [6.07, 6.45) is 19.1. The van der Waals surface area contributed by atoms with Gasteiger partial charge >= 0.3 is 0 Å². The highest BCUT2D eigenvalue weighted by molar-refractivity contribution is 7.85. The zero-order chi connectivity index (χ0) is 17.2. The van der Waals surface area contributed by atoms with Crippen molar-refractivity contribution in [3.05, 3.63) is 0 Å². The molecule has 2 N–H and O–H groups in total. The van der Waals surface area contributed by atoms with E-state index in [9.17, 15) is 8.42 Å². The molecule has 0 aromatic rings. The number of aliphatic hydroxyl groups is 1. The molecule has 0 aliphatic carbocycles. The summed E-state index contributed by atoms with van der Waals surface area (Å²) >= 11 is 0. The Morgan fingerprint density at radius 3 is 1.00 bits per heavy atom. The SMILES string of the molecule is O=S(=O)(O)CCCCCCCCCCCCCCCCCCO. The topological polar surface area (TPSA) is 74.6 Å². The van der Waals surface area contributed by atoms with E-state index in [1.165, 1.54) is 77.0 Å². The fourth-order valence-corrected chi connectivity index (χ4v) is 3.44. The number of unbranched alkanes of at least 4 members (excludes halogenated alkanes) is 15. The monoisotopic (exact) mass is 350 g/mol. The van der Waals surface area contributed by atoms with Crippen molar-refractivity contribution in [3.8, 4) is 0 Å². The minimum Gasteiger partial charge on any atom is -0.396 e. The molecule has 0 spiro atoms. The quantitative estimate of drug-likeness (QED) is 0.266. The maximum absolute atomic E-state index is 10.5. The van der Waals surface area contributed by atoms with Crippen LogP contribution in [0.5, 0.6) is 0 Å². The van der Waals surface area contributed by atoms with Crippen molar-refractivity contribution in [2.75, 3.05) is 12.4 Å². The molecule has 0 atom stereocenters. The van der Waals surface area contributed by atoms with Gasteiger partial charge in [0.1, 0.15) is 0 Å². The fourth-order valence-electron chi connectivity index (χ4n) is 2.87. The average molecular weight is 351 g/mol. The summed E-state index contributed by atoms with van der Waals surface area (Å²) in [5.74, 6) is -0.0889. The Labute approximate surface area is 143 Å². The number of hydrogen-bond donors (Lipinski definition) is 2. The molecule has 0 fully saturated rings. The predicted octanol–water partition coefficient (Wildman–Crippen LogP) is 5.11. The standard InChI is InChI=1S/C18H38O4S/c19-17-15-13-11-9-7-5-3-1-2-4-6-8-10-12-14-16-18-23(20,21)22/h19H,1-18H2,(H,20,21,22). The zero-order valence-corrected chi connectivity index (χ0v) is 15.7. The van der Waals surface area contributed by atoms with Crippen molar-refractivity contribution in [2.24, 2.45) is 0 Å². The lowest BCUT2D eigenvalue weighted by atomic mass is 10.0. The normalized spacial score (nSPS) is 11.9. The Balaban J connectivity index is 3.03. The lowest BCUT2D eigenvalue weighted by molar-refractivity contribution is 0.282. The Morgan fingerprint density at radius 1 is 0.478 bits per heavy atom. The van der Waals surface area contributed by atoms with Crippen LogP contribution in [-0.2, 0) is 10.1 Å². The van der Waals surface area contributed by atoms with Gasteiger partial charge in [0.25, 0.3) is 10.1 Å². The second-order valence-corrected chi connectivity index (χ2v) is 8.24. The van der Waals surface area contributed by atoms with Crippen LogP contribution >= 0.6 is 0 Å². The van der Waals surface area contributed by atoms with Crippen LogP contribution in [0.4, 0.5) is 0 Å². The van der Waals surface area contributed by atoms with Gasteiger partial charge in [-0.05, 0) is 12.8 Å². The molecule has 4 nitrogen and oxygen atoms in total. The van der Waals surface area contributed by atoms with E-state index < -0.39 is 10.1 Å². The zero-order valence-electron chi connectivity index (χ0n) is 14.8. The van der Waals surface area contributed by atoms with Gasteiger partial charge in [-0.25, -0.2) is 0 Å². The second kappa shape index (κ2) is 16.7. The summed E-state index contributed by atoms with van der Waals surface area (Å²) < 4.78 is 29.7. The first-order valence-corrected chi connectivity index (χ1v) is 11.2. The van der Waals surface area contributed by atoms with Crippen LogP contribution < -0.4 is 0 Å². The highest BCUT2D eigenvalue weighted by Crippen LogP contribution is 2.13. The largest absolute Gasteiger partial charge is 0.396 e. The Kier molecular flexibility index (Phi) is 16.6. The molecular formula is C18H38O4S. The van der Waals surface area contributed by atoms with E-state index in [1.54, 1.807) is 0 Å². The minimum atomic E-state index is -3.75. The van der Waals surface area contributed by atoms with E-state index >= 15 is 0 Å². The molecule has 0 saturated heterocycles. The summed E-state index contributed by atoms with van der Waals surface area (Å²) in [6, 6.07) is 0. The van der Waals surface area contributed by atoms with Gasteiger partial charge in [0, 0.05) is 6.61 Å². The molecule has 5 heteroatoms. The van der Waals surface area contributed by atoms with Crippen LogP contribution in [0.2, 0.25) is 0 Å². The van der Waals surface area contributed by atoms with Gasteiger partial charge in [-0.3, -0.25) is 4.55 Å². The molecule has 0 amide bonds. The first kappa shape index (κ1) is 22.9. The van der Waals surface area contributed by atoms with Crippen LogP contribution in [0.15, 0.2) is 0 Å². The molecule has 140 valence electrons. The molecule has 0 saturated carbocycles. The molecule has 0 unspecified atom stereocenters. The minimum absolute atomic E-state index is 0.0889. The van der Waals surface area contributed by atoms with Crippen LogP contribution in [-0.4, -0.2) is 30.4 Å². The van der Waals surface area contributed by atoms with Crippen molar-refractivity contribution >= 4 is 10.1 Å². The third-order valence-electron chi connectivity index (χ3n) is 4.31. The Hall–Kier alpha value is -0.130. The third-order valence-corrected chi connectivity index (χ3v) is 5.11. The number of aliphatic hydroxyl groups excluding tert-OH is 1. The van der Waals surface area contributed by atoms with Crippen LogP contribution in [0, 0.1) is 0 Å². The van der Waals surface area contributed by atoms with Gasteiger partial charge in [-0.2, -0.15) is 8.42 Å². The first-order valence-electron chi connectivity index (χ1n) is 9.62. The fraction of sp³-hybridized carbons (Fsp3) is 1.00. The molecule has 0 heterocycles. The van der Waals surface area contributed by atoms with Crippen LogP contribution in [0.25, 0.3) is 0 Å². The predicted molar refractivity (Wildman–Crippen MR) is 97.4 cm³/mol. The van der Waals surface area contributed by atoms with Gasteiger partial charge in [-0.15, -0.1) is 0 Å². The highest BCUT2D eigenvalue weighted by Gasteiger charge is 2.02. The number of rotatable bonds is 18. The lowest BCUT2D eigenvalue weighted by Gasteiger charge is -2.03. The van der Waals surface area contributed by atoms with Crippen LogP contribution in [0.1, 0.15) is 103 Å². The van der Waals surface area contributed by atoms with Crippen molar-refractivity contribution in [3.63, 3.8) is 0 Å². The van der Waals surface area contributed by atoms with E-state index in [0.717, 1.165) is 19.3 Å². The lowest BCUT2D eigenvalue weighted by Crippen LogP contribution is -2.03. The molecule has 0 rings (SSSR count). The summed E-state index contributed by atoms with van der Waals surface area (Å²) in [4.78, 5) is 0. The second-order valence-electron chi connectivity index (χ2n) is 6.67. The number of hydrogen-bond acceptors (Lipinski definition) is 3. The van der Waals surface area contributed by atoms with Crippen molar-refractivity contribution in [1.29, 1.82) is 0 Å². The average Bonchev–Trinajstić information content (AvgIpc) is 2.49. The van der Waals surface area contributed by atoms with Gasteiger partial charge < -0.3 is 5.11 Å². The summed E-state index contributed by atoms with van der Waals surface area (Å²) in [5.41, 5.74) is 0. The summed E-state index contributed by atoms with van der Waals surface area (Å²) in [7, 11) is -3.75. The van der Waals surface area contributed by atoms with Crippen molar-refractivity contribution in [2.45, 2.75) is 103 Å². The van der Waals surface area contributed by atoms with Gasteiger partial charge in [-0.1, -0.05) is 89.9 Å². The van der Waals surface area contributed by atoms with Crippen molar-refractivity contribution in [1.82, 2.24) is 0 Å². The molecule has 0 aromatic carbocycles. The maximum Gasteiger partial charge on any atom is 0.264 e. The van der Waals surface area contributed by atoms with E-state index in [1.807, 2.05) is 0 Å². The Bertz CT molecular complexity index is 328.